The fourth-order valence-electron chi connectivity index (χ4n) is 2.27. The zero-order valence-electron chi connectivity index (χ0n) is 13.9. The van der Waals surface area contributed by atoms with Crippen molar-refractivity contribution in [2.75, 3.05) is 26.5 Å². The fraction of sp³-hybridized carbons (Fsp3) is 0.278. The predicted octanol–water partition coefficient (Wildman–Crippen LogP) is 2.68. The highest BCUT2D eigenvalue weighted by Crippen LogP contribution is 2.16. The van der Waals surface area contributed by atoms with E-state index in [1.807, 2.05) is 36.4 Å². The van der Waals surface area contributed by atoms with Crippen LogP contribution in [-0.2, 0) is 13.1 Å². The van der Waals surface area contributed by atoms with Gasteiger partial charge in [-0.15, -0.1) is 0 Å². The maximum absolute atomic E-state index is 5.98. The number of aliphatic imine (C=N–C) groups is 1. The molecule has 2 aromatic carbocycles. The second-order valence-corrected chi connectivity index (χ2v) is 5.56. The van der Waals surface area contributed by atoms with Crippen molar-refractivity contribution in [1.29, 1.82) is 0 Å². The average molecular weight is 312 g/mol. The number of rotatable bonds is 6. The SMILES string of the molecule is COc1cccc(NC(N)=NCc2ccccc2CN(C)C)c1. The summed E-state index contributed by atoms with van der Waals surface area (Å²) in [5.41, 5.74) is 9.27. The third kappa shape index (κ3) is 5.30. The van der Waals surface area contributed by atoms with Crippen LogP contribution in [0.4, 0.5) is 5.69 Å². The molecule has 0 saturated carbocycles. The first-order valence-electron chi connectivity index (χ1n) is 7.51. The van der Waals surface area contributed by atoms with E-state index in [-0.39, 0.29) is 0 Å². The normalized spacial score (nSPS) is 11.6. The topological polar surface area (TPSA) is 62.9 Å². The lowest BCUT2D eigenvalue weighted by atomic mass is 10.1. The van der Waals surface area contributed by atoms with E-state index in [9.17, 15) is 0 Å². The van der Waals surface area contributed by atoms with Crippen LogP contribution in [0.2, 0.25) is 0 Å². The summed E-state index contributed by atoms with van der Waals surface area (Å²) in [6.07, 6.45) is 0. The lowest BCUT2D eigenvalue weighted by molar-refractivity contribution is 0.401. The maximum Gasteiger partial charge on any atom is 0.193 e. The van der Waals surface area contributed by atoms with Crippen LogP contribution < -0.4 is 15.8 Å². The molecular weight excluding hydrogens is 288 g/mol. The number of hydrogen-bond donors (Lipinski definition) is 2. The first-order valence-corrected chi connectivity index (χ1v) is 7.51. The number of nitrogens with one attached hydrogen (secondary N) is 1. The highest BCUT2D eigenvalue weighted by molar-refractivity contribution is 5.92. The summed E-state index contributed by atoms with van der Waals surface area (Å²) >= 11 is 0. The Morgan fingerprint density at radius 1 is 1.13 bits per heavy atom. The van der Waals surface area contributed by atoms with E-state index < -0.39 is 0 Å². The Morgan fingerprint density at radius 3 is 2.57 bits per heavy atom. The van der Waals surface area contributed by atoms with Crippen LogP contribution >= 0.6 is 0 Å². The minimum atomic E-state index is 0.387. The van der Waals surface area contributed by atoms with Gasteiger partial charge in [-0.05, 0) is 37.4 Å². The summed E-state index contributed by atoms with van der Waals surface area (Å²) in [5, 5.41) is 3.08. The summed E-state index contributed by atoms with van der Waals surface area (Å²) in [7, 11) is 5.75. The number of ether oxygens (including phenoxy) is 1. The lowest BCUT2D eigenvalue weighted by Gasteiger charge is -2.13. The van der Waals surface area contributed by atoms with Crippen molar-refractivity contribution < 1.29 is 4.74 Å². The molecule has 0 bridgehead atoms. The number of nitrogens with zero attached hydrogens (tertiary/aromatic N) is 2. The van der Waals surface area contributed by atoms with Gasteiger partial charge < -0.3 is 20.7 Å². The number of nitrogens with two attached hydrogens (primary N) is 1. The number of benzene rings is 2. The Morgan fingerprint density at radius 2 is 1.87 bits per heavy atom. The van der Waals surface area contributed by atoms with E-state index >= 15 is 0 Å². The van der Waals surface area contributed by atoms with Gasteiger partial charge in [-0.2, -0.15) is 0 Å². The van der Waals surface area contributed by atoms with Gasteiger partial charge >= 0.3 is 0 Å². The highest BCUT2D eigenvalue weighted by atomic mass is 16.5. The molecule has 0 aliphatic rings. The van der Waals surface area contributed by atoms with Crippen LogP contribution in [0.15, 0.2) is 53.5 Å². The number of guanidine groups is 1. The van der Waals surface area contributed by atoms with Gasteiger partial charge in [0, 0.05) is 18.3 Å². The molecule has 0 saturated heterocycles. The molecule has 0 unspecified atom stereocenters. The molecule has 5 heteroatoms. The molecule has 2 rings (SSSR count). The third-order valence-corrected chi connectivity index (χ3v) is 3.37. The van der Waals surface area contributed by atoms with Crippen LogP contribution in [0.25, 0.3) is 0 Å². The Balaban J connectivity index is 2.04. The van der Waals surface area contributed by atoms with E-state index in [2.05, 4.69) is 41.4 Å². The quantitative estimate of drug-likeness (QED) is 0.636. The van der Waals surface area contributed by atoms with Gasteiger partial charge in [0.1, 0.15) is 5.75 Å². The van der Waals surface area contributed by atoms with E-state index in [1.165, 1.54) is 11.1 Å². The van der Waals surface area contributed by atoms with Gasteiger partial charge in [-0.1, -0.05) is 30.3 Å². The van der Waals surface area contributed by atoms with Crippen molar-refractivity contribution in [3.8, 4) is 5.75 Å². The van der Waals surface area contributed by atoms with Crippen LogP contribution in [0.5, 0.6) is 5.75 Å². The molecule has 0 aromatic heterocycles. The molecule has 2 aromatic rings. The van der Waals surface area contributed by atoms with Crippen molar-refractivity contribution in [3.63, 3.8) is 0 Å². The zero-order chi connectivity index (χ0) is 16.7. The zero-order valence-corrected chi connectivity index (χ0v) is 13.9. The molecule has 0 fully saturated rings. The smallest absolute Gasteiger partial charge is 0.193 e. The van der Waals surface area contributed by atoms with E-state index in [0.29, 0.717) is 12.5 Å². The minimum absolute atomic E-state index is 0.387. The van der Waals surface area contributed by atoms with Crippen molar-refractivity contribution in [3.05, 3.63) is 59.7 Å². The number of methoxy groups -OCH3 is 1. The van der Waals surface area contributed by atoms with Crippen molar-refractivity contribution >= 4 is 11.6 Å². The molecule has 5 nitrogen and oxygen atoms in total. The summed E-state index contributed by atoms with van der Waals surface area (Å²) in [5.74, 6) is 1.16. The third-order valence-electron chi connectivity index (χ3n) is 3.37. The van der Waals surface area contributed by atoms with Crippen LogP contribution in [0, 0.1) is 0 Å². The average Bonchev–Trinajstić information content (AvgIpc) is 2.53. The number of anilines is 1. The first-order chi connectivity index (χ1) is 11.1. The summed E-state index contributed by atoms with van der Waals surface area (Å²) < 4.78 is 5.19. The van der Waals surface area contributed by atoms with Gasteiger partial charge in [-0.3, -0.25) is 0 Å². The molecule has 0 heterocycles. The van der Waals surface area contributed by atoms with Crippen LogP contribution in [0.3, 0.4) is 0 Å². The van der Waals surface area contributed by atoms with Gasteiger partial charge in [0.15, 0.2) is 5.96 Å². The number of hydrogen-bond acceptors (Lipinski definition) is 3. The maximum atomic E-state index is 5.98. The highest BCUT2D eigenvalue weighted by Gasteiger charge is 2.03. The molecule has 0 atom stereocenters. The van der Waals surface area contributed by atoms with Gasteiger partial charge in [0.25, 0.3) is 0 Å². The molecule has 3 N–H and O–H groups in total. The second-order valence-electron chi connectivity index (χ2n) is 5.56. The molecule has 0 amide bonds. The van der Waals surface area contributed by atoms with E-state index in [1.54, 1.807) is 7.11 Å². The van der Waals surface area contributed by atoms with Gasteiger partial charge in [-0.25, -0.2) is 4.99 Å². The molecule has 0 spiro atoms. The standard InChI is InChI=1S/C18H24N4O/c1-22(2)13-15-8-5-4-7-14(15)12-20-18(19)21-16-9-6-10-17(11-16)23-3/h4-11H,12-13H2,1-3H3,(H3,19,20,21). The molecular formula is C18H24N4O. The molecule has 0 radical (unpaired) electrons. The monoisotopic (exact) mass is 312 g/mol. The lowest BCUT2D eigenvalue weighted by Crippen LogP contribution is -2.22. The molecule has 0 aliphatic carbocycles. The predicted molar refractivity (Wildman–Crippen MR) is 95.8 cm³/mol. The van der Waals surface area contributed by atoms with Crippen molar-refractivity contribution in [2.45, 2.75) is 13.1 Å². The van der Waals surface area contributed by atoms with Gasteiger partial charge in [0.05, 0.1) is 13.7 Å². The minimum Gasteiger partial charge on any atom is -0.497 e. The molecule has 23 heavy (non-hydrogen) atoms. The van der Waals surface area contributed by atoms with Gasteiger partial charge in [0.2, 0.25) is 0 Å². The Labute approximate surface area is 137 Å². The van der Waals surface area contributed by atoms with Crippen LogP contribution in [0.1, 0.15) is 11.1 Å². The molecule has 0 aliphatic heterocycles. The summed E-state index contributed by atoms with van der Waals surface area (Å²) in [4.78, 5) is 6.58. The first kappa shape index (κ1) is 16.8. The summed E-state index contributed by atoms with van der Waals surface area (Å²) in [6, 6.07) is 15.9. The van der Waals surface area contributed by atoms with E-state index in [4.69, 9.17) is 10.5 Å². The van der Waals surface area contributed by atoms with E-state index in [0.717, 1.165) is 18.0 Å². The van der Waals surface area contributed by atoms with Crippen molar-refractivity contribution in [2.24, 2.45) is 10.7 Å². The summed E-state index contributed by atoms with van der Waals surface area (Å²) in [6.45, 7) is 1.43. The largest absolute Gasteiger partial charge is 0.497 e. The van der Waals surface area contributed by atoms with Crippen molar-refractivity contribution in [1.82, 2.24) is 4.90 Å². The van der Waals surface area contributed by atoms with Crippen LogP contribution in [-0.4, -0.2) is 32.1 Å². The molecule has 122 valence electrons. The Hall–Kier alpha value is -2.53. The fourth-order valence-corrected chi connectivity index (χ4v) is 2.27. The second kappa shape index (κ2) is 8.19. The Kier molecular flexibility index (Phi) is 6.00. The Bertz CT molecular complexity index is 668.